The number of aliphatic hydroxyl groups is 1. The third-order valence-electron chi connectivity index (χ3n) is 4.41. The number of β-amino-alcohol motifs (C(OH)–C–C–N with tert-alkyl or cyclic N) is 1. The first-order valence-electron chi connectivity index (χ1n) is 8.92. The number of anilines is 1. The van der Waals surface area contributed by atoms with E-state index in [2.05, 4.69) is 15.2 Å². The molecule has 0 unspecified atom stereocenters. The summed E-state index contributed by atoms with van der Waals surface area (Å²) in [6, 6.07) is 7.61. The molecule has 0 saturated carbocycles. The smallest absolute Gasteiger partial charge is 0.265 e. The van der Waals surface area contributed by atoms with Gasteiger partial charge in [0.1, 0.15) is 5.75 Å². The molecule has 2 aliphatic heterocycles. The van der Waals surface area contributed by atoms with Crippen molar-refractivity contribution in [2.75, 3.05) is 44.2 Å². The van der Waals surface area contributed by atoms with Crippen LogP contribution in [0.1, 0.15) is 19.8 Å². The van der Waals surface area contributed by atoms with Crippen molar-refractivity contribution in [3.05, 3.63) is 24.3 Å². The summed E-state index contributed by atoms with van der Waals surface area (Å²) in [4.78, 5) is 20.7. The standard InChI is InChI=1S/C18H26N4O3.HI/c1-2-19-18(21-11-8-14(23)12-21)20-9-5-10-22-15-6-3-4-7-16(15)25-13-17(22)24;/h3-4,6-7,14,23H,2,5,8-13H2,1H3,(H,19,20);1H/t14-;/m1./s1. The van der Waals surface area contributed by atoms with Gasteiger partial charge in [0.05, 0.1) is 11.8 Å². The lowest BCUT2D eigenvalue weighted by atomic mass is 10.2. The topological polar surface area (TPSA) is 77.4 Å². The minimum Gasteiger partial charge on any atom is -0.482 e. The van der Waals surface area contributed by atoms with Crippen molar-refractivity contribution in [1.29, 1.82) is 0 Å². The first-order chi connectivity index (χ1) is 12.2. The first-order valence-corrected chi connectivity index (χ1v) is 8.92. The number of fused-ring (bicyclic) bond motifs is 1. The number of nitrogens with zero attached hydrogens (tertiary/aromatic N) is 3. The molecule has 2 aliphatic rings. The van der Waals surface area contributed by atoms with Crippen molar-refractivity contribution in [2.45, 2.75) is 25.9 Å². The molecule has 0 aromatic heterocycles. The second-order valence-electron chi connectivity index (χ2n) is 6.28. The highest BCUT2D eigenvalue weighted by Crippen LogP contribution is 2.31. The van der Waals surface area contributed by atoms with Crippen molar-refractivity contribution < 1.29 is 14.6 Å². The van der Waals surface area contributed by atoms with E-state index in [0.29, 0.717) is 19.6 Å². The Balaban J connectivity index is 0.00000243. The summed E-state index contributed by atoms with van der Waals surface area (Å²) in [7, 11) is 0. The second kappa shape index (κ2) is 9.96. The number of carbonyl (C=O) groups excluding carboxylic acids is 1. The Hall–Kier alpha value is -1.55. The lowest BCUT2D eigenvalue weighted by Crippen LogP contribution is -2.41. The number of halogens is 1. The molecule has 8 heteroatoms. The molecule has 1 aromatic carbocycles. The largest absolute Gasteiger partial charge is 0.482 e. The van der Waals surface area contributed by atoms with Gasteiger partial charge >= 0.3 is 0 Å². The molecule has 3 rings (SSSR count). The molecule has 26 heavy (non-hydrogen) atoms. The Labute approximate surface area is 171 Å². The molecule has 1 fully saturated rings. The van der Waals surface area contributed by atoms with Gasteiger partial charge in [0.25, 0.3) is 5.91 Å². The number of guanidine groups is 1. The van der Waals surface area contributed by atoms with Crippen LogP contribution in [0.15, 0.2) is 29.3 Å². The zero-order chi connectivity index (χ0) is 17.6. The summed E-state index contributed by atoms with van der Waals surface area (Å²) in [5, 5.41) is 13.0. The number of aliphatic imine (C=N–C) groups is 1. The van der Waals surface area contributed by atoms with E-state index < -0.39 is 0 Å². The second-order valence-corrected chi connectivity index (χ2v) is 6.28. The van der Waals surface area contributed by atoms with Crippen LogP contribution < -0.4 is 15.0 Å². The molecule has 1 aromatic rings. The molecule has 144 valence electrons. The summed E-state index contributed by atoms with van der Waals surface area (Å²) in [6.07, 6.45) is 1.28. The van der Waals surface area contributed by atoms with Gasteiger partial charge in [0.2, 0.25) is 0 Å². The van der Waals surface area contributed by atoms with E-state index in [1.807, 2.05) is 31.2 Å². The van der Waals surface area contributed by atoms with E-state index in [0.717, 1.165) is 43.3 Å². The summed E-state index contributed by atoms with van der Waals surface area (Å²) < 4.78 is 5.46. The van der Waals surface area contributed by atoms with Crippen LogP contribution in [0, 0.1) is 0 Å². The van der Waals surface area contributed by atoms with Crippen LogP contribution in [0.5, 0.6) is 5.75 Å². The number of benzene rings is 1. The molecular formula is C18H27IN4O3. The number of ether oxygens (including phenoxy) is 1. The van der Waals surface area contributed by atoms with E-state index in [9.17, 15) is 9.90 Å². The maximum Gasteiger partial charge on any atom is 0.265 e. The van der Waals surface area contributed by atoms with E-state index in [1.54, 1.807) is 4.90 Å². The number of para-hydroxylation sites is 2. The number of nitrogens with one attached hydrogen (secondary N) is 1. The Bertz CT molecular complexity index is 641. The van der Waals surface area contributed by atoms with Gasteiger partial charge in [-0.15, -0.1) is 24.0 Å². The third-order valence-corrected chi connectivity index (χ3v) is 4.41. The SMILES string of the molecule is CCNC(=NCCCN1C(=O)COc2ccccc21)N1CC[C@@H](O)C1.I. The van der Waals surface area contributed by atoms with Crippen molar-refractivity contribution in [1.82, 2.24) is 10.2 Å². The van der Waals surface area contributed by atoms with Gasteiger partial charge in [-0.05, 0) is 31.9 Å². The fraction of sp³-hybridized carbons (Fsp3) is 0.556. The number of likely N-dealkylation sites (tertiary alicyclic amines) is 1. The molecule has 0 aliphatic carbocycles. The summed E-state index contributed by atoms with van der Waals surface area (Å²) in [6.45, 7) is 5.61. The Morgan fingerprint density at radius 2 is 2.23 bits per heavy atom. The summed E-state index contributed by atoms with van der Waals surface area (Å²) in [5.74, 6) is 1.58. The third kappa shape index (κ3) is 5.00. The van der Waals surface area contributed by atoms with E-state index in [-0.39, 0.29) is 42.6 Å². The molecule has 2 heterocycles. The van der Waals surface area contributed by atoms with Crippen molar-refractivity contribution in [3.8, 4) is 5.75 Å². The number of rotatable bonds is 5. The average molecular weight is 474 g/mol. The van der Waals surface area contributed by atoms with Crippen molar-refractivity contribution in [3.63, 3.8) is 0 Å². The highest BCUT2D eigenvalue weighted by Gasteiger charge is 2.25. The molecule has 1 saturated heterocycles. The number of aliphatic hydroxyl groups excluding tert-OH is 1. The van der Waals surface area contributed by atoms with Crippen molar-refractivity contribution >= 4 is 41.5 Å². The predicted molar refractivity (Wildman–Crippen MR) is 112 cm³/mol. The van der Waals surface area contributed by atoms with Gasteiger partial charge in [-0.2, -0.15) is 0 Å². The van der Waals surface area contributed by atoms with Gasteiger partial charge in [0.15, 0.2) is 12.6 Å². The molecule has 7 nitrogen and oxygen atoms in total. The van der Waals surface area contributed by atoms with Gasteiger partial charge in [-0.1, -0.05) is 12.1 Å². The maximum absolute atomic E-state index is 12.1. The van der Waals surface area contributed by atoms with Crippen LogP contribution >= 0.6 is 24.0 Å². The highest BCUT2D eigenvalue weighted by atomic mass is 127. The summed E-state index contributed by atoms with van der Waals surface area (Å²) >= 11 is 0. The average Bonchev–Trinajstić information content (AvgIpc) is 3.05. The van der Waals surface area contributed by atoms with E-state index >= 15 is 0 Å². The van der Waals surface area contributed by atoms with Gasteiger partial charge in [0, 0.05) is 32.7 Å². The zero-order valence-electron chi connectivity index (χ0n) is 15.1. The van der Waals surface area contributed by atoms with Crippen LogP contribution in [-0.2, 0) is 4.79 Å². The van der Waals surface area contributed by atoms with Crippen LogP contribution in [0.2, 0.25) is 0 Å². The van der Waals surface area contributed by atoms with Crippen LogP contribution in [0.4, 0.5) is 5.69 Å². The molecule has 0 radical (unpaired) electrons. The summed E-state index contributed by atoms with van der Waals surface area (Å²) in [5.41, 5.74) is 0.831. The monoisotopic (exact) mass is 474 g/mol. The minimum absolute atomic E-state index is 0. The fourth-order valence-electron chi connectivity index (χ4n) is 3.17. The minimum atomic E-state index is -0.272. The molecule has 2 N–H and O–H groups in total. The predicted octanol–water partition coefficient (Wildman–Crippen LogP) is 1.45. The lowest BCUT2D eigenvalue weighted by molar-refractivity contribution is -0.121. The Kier molecular flexibility index (Phi) is 7.95. The molecule has 1 amide bonds. The normalized spacial score (nSPS) is 19.7. The van der Waals surface area contributed by atoms with Gasteiger partial charge in [-0.25, -0.2) is 0 Å². The first kappa shape index (κ1) is 20.8. The number of hydrogen-bond donors (Lipinski definition) is 2. The lowest BCUT2D eigenvalue weighted by Gasteiger charge is -2.29. The Morgan fingerprint density at radius 1 is 1.42 bits per heavy atom. The molecule has 0 bridgehead atoms. The van der Waals surface area contributed by atoms with Crippen molar-refractivity contribution in [2.24, 2.45) is 4.99 Å². The van der Waals surface area contributed by atoms with Crippen LogP contribution in [0.3, 0.4) is 0 Å². The number of carbonyl (C=O) groups is 1. The van der Waals surface area contributed by atoms with E-state index in [1.165, 1.54) is 0 Å². The van der Waals surface area contributed by atoms with Gasteiger partial charge in [-0.3, -0.25) is 9.79 Å². The number of amides is 1. The number of hydrogen-bond acceptors (Lipinski definition) is 4. The van der Waals surface area contributed by atoms with E-state index in [4.69, 9.17) is 4.74 Å². The fourth-order valence-corrected chi connectivity index (χ4v) is 3.17. The molecule has 1 atom stereocenters. The zero-order valence-corrected chi connectivity index (χ0v) is 17.4. The highest BCUT2D eigenvalue weighted by molar-refractivity contribution is 14.0. The maximum atomic E-state index is 12.1. The quantitative estimate of drug-likeness (QED) is 0.293. The Morgan fingerprint density at radius 3 is 2.96 bits per heavy atom. The van der Waals surface area contributed by atoms with Gasteiger partial charge < -0.3 is 25.0 Å². The van der Waals surface area contributed by atoms with Crippen LogP contribution in [0.25, 0.3) is 0 Å². The molecular weight excluding hydrogens is 447 g/mol. The molecule has 0 spiro atoms. The van der Waals surface area contributed by atoms with Crippen LogP contribution in [-0.4, -0.2) is 67.3 Å².